The number of nitrogens with zero attached hydrogens (tertiary/aromatic N) is 2. The molecule has 5 unspecified atom stereocenters. The third-order valence-corrected chi connectivity index (χ3v) is 10.7. The molecule has 4 aliphatic rings. The number of piperidine rings is 1. The monoisotopic (exact) mass is 440 g/mol. The Kier molecular flexibility index (Phi) is 4.83. The topological polar surface area (TPSA) is 42.3 Å². The highest BCUT2D eigenvalue weighted by Crippen LogP contribution is 2.63. The summed E-state index contributed by atoms with van der Waals surface area (Å²) < 4.78 is 1.82. The van der Waals surface area contributed by atoms with Crippen LogP contribution in [0.1, 0.15) is 54.9 Å². The SMILES string of the molecule is O=C(Cn1c2c(sc1=O)C(c1ccccc1)C1C3CCC(C3)C1S2)N1CCCCC1. The number of rotatable bonds is 3. The molecule has 1 amide bonds. The quantitative estimate of drug-likeness (QED) is 0.702. The molecule has 2 aliphatic heterocycles. The minimum absolute atomic E-state index is 0.0473. The Bertz CT molecular complexity index is 1010. The Morgan fingerprint density at radius 1 is 1.03 bits per heavy atom. The largest absolute Gasteiger partial charge is 0.341 e. The fourth-order valence-electron chi connectivity index (χ4n) is 6.50. The lowest BCUT2D eigenvalue weighted by molar-refractivity contribution is -0.132. The fraction of sp³-hybridized carbons (Fsp3) is 0.583. The molecule has 0 radical (unpaired) electrons. The zero-order chi connectivity index (χ0) is 20.2. The van der Waals surface area contributed by atoms with Gasteiger partial charge in [-0.3, -0.25) is 14.2 Å². The lowest BCUT2D eigenvalue weighted by Crippen LogP contribution is -2.39. The molecule has 30 heavy (non-hydrogen) atoms. The van der Waals surface area contributed by atoms with E-state index < -0.39 is 0 Å². The fourth-order valence-corrected chi connectivity index (χ4v) is 9.65. The Morgan fingerprint density at radius 2 is 1.80 bits per heavy atom. The minimum Gasteiger partial charge on any atom is -0.341 e. The highest BCUT2D eigenvalue weighted by molar-refractivity contribution is 8.00. The van der Waals surface area contributed by atoms with Crippen molar-refractivity contribution in [1.82, 2.24) is 9.47 Å². The second-order valence-electron chi connectivity index (χ2n) is 9.45. The maximum Gasteiger partial charge on any atom is 0.308 e. The van der Waals surface area contributed by atoms with Crippen LogP contribution in [0.3, 0.4) is 0 Å². The molecule has 3 fully saturated rings. The Hall–Kier alpha value is -1.53. The van der Waals surface area contributed by atoms with Crippen molar-refractivity contribution in [3.05, 3.63) is 50.4 Å². The smallest absolute Gasteiger partial charge is 0.308 e. The summed E-state index contributed by atoms with van der Waals surface area (Å²) in [5.74, 6) is 2.61. The van der Waals surface area contributed by atoms with E-state index in [0.29, 0.717) is 17.1 Å². The second-order valence-corrected chi connectivity index (χ2v) is 11.6. The summed E-state index contributed by atoms with van der Waals surface area (Å²) in [6, 6.07) is 10.8. The van der Waals surface area contributed by atoms with Crippen LogP contribution in [0.5, 0.6) is 0 Å². The van der Waals surface area contributed by atoms with Crippen molar-refractivity contribution < 1.29 is 4.79 Å². The molecule has 6 heteroatoms. The summed E-state index contributed by atoms with van der Waals surface area (Å²) in [4.78, 5) is 29.3. The summed E-state index contributed by atoms with van der Waals surface area (Å²) >= 11 is 3.33. The number of thioether (sulfide) groups is 1. The zero-order valence-corrected chi connectivity index (χ0v) is 18.8. The van der Waals surface area contributed by atoms with Gasteiger partial charge in [0.1, 0.15) is 6.54 Å². The molecule has 2 aromatic rings. The van der Waals surface area contributed by atoms with Gasteiger partial charge < -0.3 is 4.90 Å². The van der Waals surface area contributed by atoms with Gasteiger partial charge in [0.15, 0.2) is 0 Å². The lowest BCUT2D eigenvalue weighted by atomic mass is 9.75. The number of carbonyl (C=O) groups is 1. The third-order valence-electron chi connectivity index (χ3n) is 7.85. The van der Waals surface area contributed by atoms with E-state index in [0.717, 1.165) is 42.8 Å². The molecular formula is C24H28N2O2S2. The van der Waals surface area contributed by atoms with Crippen molar-refractivity contribution in [2.45, 2.75) is 61.3 Å². The van der Waals surface area contributed by atoms with Gasteiger partial charge >= 0.3 is 4.87 Å². The molecule has 1 aromatic heterocycles. The van der Waals surface area contributed by atoms with Crippen LogP contribution in [0, 0.1) is 17.8 Å². The number of hydrogen-bond acceptors (Lipinski definition) is 4. The molecule has 6 rings (SSSR count). The van der Waals surface area contributed by atoms with E-state index in [1.54, 1.807) is 0 Å². The van der Waals surface area contributed by atoms with E-state index in [-0.39, 0.29) is 17.3 Å². The third kappa shape index (κ3) is 3.01. The van der Waals surface area contributed by atoms with Gasteiger partial charge in [-0.2, -0.15) is 0 Å². The van der Waals surface area contributed by atoms with E-state index in [2.05, 4.69) is 30.3 Å². The van der Waals surface area contributed by atoms with E-state index in [1.165, 1.54) is 47.5 Å². The predicted molar refractivity (Wildman–Crippen MR) is 121 cm³/mol. The average molecular weight is 441 g/mol. The Morgan fingerprint density at radius 3 is 2.60 bits per heavy atom. The van der Waals surface area contributed by atoms with Gasteiger partial charge in [0.05, 0.1) is 5.03 Å². The molecule has 158 valence electrons. The molecule has 0 spiro atoms. The van der Waals surface area contributed by atoms with Crippen LogP contribution in [0.15, 0.2) is 40.2 Å². The summed E-state index contributed by atoms with van der Waals surface area (Å²) in [5, 5.41) is 1.69. The van der Waals surface area contributed by atoms with Gasteiger partial charge in [0.25, 0.3) is 0 Å². The molecule has 2 saturated carbocycles. The maximum absolute atomic E-state index is 13.1. The molecule has 5 atom stereocenters. The number of benzene rings is 1. The van der Waals surface area contributed by atoms with E-state index in [1.807, 2.05) is 21.2 Å². The van der Waals surface area contributed by atoms with Gasteiger partial charge in [-0.1, -0.05) is 41.7 Å². The van der Waals surface area contributed by atoms with Gasteiger partial charge in [-0.05, 0) is 61.8 Å². The molecular weight excluding hydrogens is 412 g/mol. The standard InChI is InChI=1S/C24H28N2O2S2/c27-18(25-11-5-2-6-12-25)14-26-23-22(30-24(26)28)19(15-7-3-1-4-8-15)20-16-9-10-17(13-16)21(20)29-23/h1,3-4,7-8,16-17,19-21H,2,5-6,9-14H2. The number of likely N-dealkylation sites (tertiary alicyclic amines) is 1. The first kappa shape index (κ1) is 19.2. The summed E-state index contributed by atoms with van der Waals surface area (Å²) in [5.41, 5.74) is 1.34. The highest BCUT2D eigenvalue weighted by Gasteiger charge is 2.55. The van der Waals surface area contributed by atoms with E-state index in [9.17, 15) is 9.59 Å². The molecule has 1 saturated heterocycles. The first-order valence-electron chi connectivity index (χ1n) is 11.4. The molecule has 0 N–H and O–H groups in total. The normalized spacial score (nSPS) is 32.1. The van der Waals surface area contributed by atoms with Crippen LogP contribution in [0.4, 0.5) is 0 Å². The Labute approximate surface area is 185 Å². The number of hydrogen-bond donors (Lipinski definition) is 0. The first-order valence-corrected chi connectivity index (χ1v) is 13.1. The van der Waals surface area contributed by atoms with Crippen molar-refractivity contribution in [3.63, 3.8) is 0 Å². The first-order chi connectivity index (χ1) is 14.7. The highest BCUT2D eigenvalue weighted by atomic mass is 32.2. The van der Waals surface area contributed by atoms with Crippen LogP contribution < -0.4 is 4.87 Å². The molecule has 3 heterocycles. The number of thiazole rings is 1. The molecule has 1 aromatic carbocycles. The van der Waals surface area contributed by atoms with Crippen LogP contribution in [-0.4, -0.2) is 33.7 Å². The molecule has 4 nitrogen and oxygen atoms in total. The van der Waals surface area contributed by atoms with Crippen LogP contribution in [-0.2, 0) is 11.3 Å². The van der Waals surface area contributed by atoms with Crippen molar-refractivity contribution in [1.29, 1.82) is 0 Å². The predicted octanol–water partition coefficient (Wildman–Crippen LogP) is 4.57. The minimum atomic E-state index is 0.0473. The maximum atomic E-state index is 13.1. The van der Waals surface area contributed by atoms with Crippen LogP contribution >= 0.6 is 23.1 Å². The van der Waals surface area contributed by atoms with Gasteiger partial charge in [-0.15, -0.1) is 11.8 Å². The van der Waals surface area contributed by atoms with E-state index >= 15 is 0 Å². The molecule has 2 aliphatic carbocycles. The number of carbonyl (C=O) groups excluding carboxylic acids is 1. The van der Waals surface area contributed by atoms with Crippen molar-refractivity contribution >= 4 is 29.0 Å². The number of aromatic nitrogens is 1. The van der Waals surface area contributed by atoms with Crippen LogP contribution in [0.25, 0.3) is 0 Å². The lowest BCUT2D eigenvalue weighted by Gasteiger charge is -2.40. The zero-order valence-electron chi connectivity index (χ0n) is 17.2. The second kappa shape index (κ2) is 7.56. The average Bonchev–Trinajstić information content (AvgIpc) is 3.48. The van der Waals surface area contributed by atoms with Gasteiger partial charge in [0, 0.05) is 29.1 Å². The molecule has 2 bridgehead atoms. The summed E-state index contributed by atoms with van der Waals surface area (Å²) in [6.45, 7) is 1.90. The summed E-state index contributed by atoms with van der Waals surface area (Å²) in [7, 11) is 0. The van der Waals surface area contributed by atoms with Crippen molar-refractivity contribution in [2.75, 3.05) is 13.1 Å². The van der Waals surface area contributed by atoms with Crippen molar-refractivity contribution in [3.8, 4) is 0 Å². The number of fused-ring (bicyclic) bond motifs is 6. The number of amides is 1. The van der Waals surface area contributed by atoms with E-state index in [4.69, 9.17) is 0 Å². The van der Waals surface area contributed by atoms with Gasteiger partial charge in [-0.25, -0.2) is 0 Å². The van der Waals surface area contributed by atoms with Crippen LogP contribution in [0.2, 0.25) is 0 Å². The van der Waals surface area contributed by atoms with Gasteiger partial charge in [0.2, 0.25) is 5.91 Å². The summed E-state index contributed by atoms with van der Waals surface area (Å²) in [6.07, 6.45) is 7.39. The Balaban J connectivity index is 1.40. The van der Waals surface area contributed by atoms with Crippen molar-refractivity contribution in [2.24, 2.45) is 17.8 Å².